The molecule has 0 aromatic heterocycles. The maximum absolute atomic E-state index is 5.75. The van der Waals surface area contributed by atoms with Crippen LogP contribution >= 0.6 is 0 Å². The van der Waals surface area contributed by atoms with Gasteiger partial charge in [-0.05, 0) is 97.7 Å². The van der Waals surface area contributed by atoms with Crippen LogP contribution in [0.3, 0.4) is 0 Å². The fraction of sp³-hybridized carbons (Fsp3) is 0.929. The van der Waals surface area contributed by atoms with E-state index in [9.17, 15) is 0 Å². The van der Waals surface area contributed by atoms with Crippen LogP contribution in [0.4, 0.5) is 0 Å². The molecule has 29 heavy (non-hydrogen) atoms. The molecule has 0 N–H and O–H groups in total. The van der Waals surface area contributed by atoms with Gasteiger partial charge in [0.05, 0.1) is 6.10 Å². The summed E-state index contributed by atoms with van der Waals surface area (Å²) in [7, 11) is 1.91. The summed E-state index contributed by atoms with van der Waals surface area (Å²) in [6, 6.07) is 0. The zero-order chi connectivity index (χ0) is 20.8. The standard InChI is InChI=1S/C28H48O/c1-19(2)8-7-9-20(3)24-12-13-25-23-11-10-21-18-22(29-6)14-16-27(21,4)26(23)15-17-28(24,25)5/h10,19-20,22-26H,7-9,11-18H2,1-6H3/t20-,22?,23?,24?,25?,26?,27?,28-/m1/s1. The van der Waals surface area contributed by atoms with E-state index in [4.69, 9.17) is 4.74 Å². The lowest BCUT2D eigenvalue weighted by atomic mass is 9.47. The van der Waals surface area contributed by atoms with Gasteiger partial charge in [0.25, 0.3) is 0 Å². The van der Waals surface area contributed by atoms with Crippen LogP contribution in [0.1, 0.15) is 105 Å². The van der Waals surface area contributed by atoms with Crippen LogP contribution in [-0.4, -0.2) is 13.2 Å². The summed E-state index contributed by atoms with van der Waals surface area (Å²) < 4.78 is 5.75. The van der Waals surface area contributed by atoms with Gasteiger partial charge in [0.15, 0.2) is 0 Å². The van der Waals surface area contributed by atoms with Crippen molar-refractivity contribution >= 4 is 0 Å². The number of methoxy groups -OCH3 is 1. The summed E-state index contributed by atoms with van der Waals surface area (Å²) in [6.07, 6.45) is 18.7. The third-order valence-electron chi connectivity index (χ3n) is 10.6. The molecule has 0 aromatic carbocycles. The Hall–Kier alpha value is -0.300. The Kier molecular flexibility index (Phi) is 6.29. The molecule has 0 saturated heterocycles. The van der Waals surface area contributed by atoms with Gasteiger partial charge in [0.2, 0.25) is 0 Å². The van der Waals surface area contributed by atoms with Gasteiger partial charge < -0.3 is 4.74 Å². The number of fused-ring (bicyclic) bond motifs is 5. The van der Waals surface area contributed by atoms with Gasteiger partial charge in [-0.3, -0.25) is 0 Å². The largest absolute Gasteiger partial charge is 0.381 e. The Morgan fingerprint density at radius 2 is 1.79 bits per heavy atom. The van der Waals surface area contributed by atoms with Gasteiger partial charge >= 0.3 is 0 Å². The van der Waals surface area contributed by atoms with Crippen LogP contribution in [0.2, 0.25) is 0 Å². The molecule has 3 saturated carbocycles. The maximum atomic E-state index is 5.75. The first-order valence-corrected chi connectivity index (χ1v) is 13.0. The summed E-state index contributed by atoms with van der Waals surface area (Å²) in [5.74, 6) is 5.63. The first kappa shape index (κ1) is 21.9. The van der Waals surface area contributed by atoms with E-state index in [1.54, 1.807) is 5.57 Å². The van der Waals surface area contributed by atoms with E-state index in [1.807, 2.05) is 7.11 Å². The first-order chi connectivity index (χ1) is 13.8. The highest BCUT2D eigenvalue weighted by Gasteiger charge is 2.59. The van der Waals surface area contributed by atoms with E-state index in [2.05, 4.69) is 40.7 Å². The third kappa shape index (κ3) is 3.77. The van der Waals surface area contributed by atoms with Crippen LogP contribution in [0.5, 0.6) is 0 Å². The molecular formula is C28H48O. The molecule has 0 radical (unpaired) electrons. The van der Waals surface area contributed by atoms with Gasteiger partial charge in [-0.25, -0.2) is 0 Å². The van der Waals surface area contributed by atoms with Crippen molar-refractivity contribution in [3.63, 3.8) is 0 Å². The van der Waals surface area contributed by atoms with Crippen LogP contribution in [0.25, 0.3) is 0 Å². The van der Waals surface area contributed by atoms with Gasteiger partial charge in [0.1, 0.15) is 0 Å². The van der Waals surface area contributed by atoms with Crippen molar-refractivity contribution in [1.82, 2.24) is 0 Å². The highest BCUT2D eigenvalue weighted by Crippen LogP contribution is 2.67. The predicted molar refractivity (Wildman–Crippen MR) is 124 cm³/mol. The smallest absolute Gasteiger partial charge is 0.0608 e. The van der Waals surface area contributed by atoms with Crippen LogP contribution in [0, 0.1) is 46.3 Å². The molecule has 3 fully saturated rings. The number of hydrogen-bond donors (Lipinski definition) is 0. The lowest BCUT2D eigenvalue weighted by Crippen LogP contribution is -2.50. The highest BCUT2D eigenvalue weighted by molar-refractivity contribution is 5.25. The topological polar surface area (TPSA) is 9.23 Å². The molecule has 6 unspecified atom stereocenters. The van der Waals surface area contributed by atoms with Crippen molar-refractivity contribution in [2.24, 2.45) is 46.3 Å². The summed E-state index contributed by atoms with van der Waals surface area (Å²) in [5.41, 5.74) is 2.85. The average molecular weight is 401 g/mol. The minimum absolute atomic E-state index is 0.472. The molecule has 4 aliphatic carbocycles. The van der Waals surface area contributed by atoms with E-state index in [0.717, 1.165) is 35.5 Å². The Bertz CT molecular complexity index is 605. The predicted octanol–water partition coefficient (Wildman–Crippen LogP) is 8.04. The minimum atomic E-state index is 0.472. The zero-order valence-electron chi connectivity index (χ0n) is 20.3. The van der Waals surface area contributed by atoms with Gasteiger partial charge in [-0.1, -0.05) is 65.5 Å². The molecule has 4 aliphatic rings. The van der Waals surface area contributed by atoms with Gasteiger partial charge in [-0.2, -0.15) is 0 Å². The van der Waals surface area contributed by atoms with Crippen molar-refractivity contribution in [3.05, 3.63) is 11.6 Å². The monoisotopic (exact) mass is 400 g/mol. The Labute approximate surface area is 181 Å². The minimum Gasteiger partial charge on any atom is -0.381 e. The second kappa shape index (κ2) is 8.33. The normalized spacial score (nSPS) is 45.3. The Morgan fingerprint density at radius 1 is 1.00 bits per heavy atom. The van der Waals surface area contributed by atoms with E-state index < -0.39 is 0 Å². The molecule has 8 atom stereocenters. The molecule has 0 aromatic rings. The van der Waals surface area contributed by atoms with Crippen molar-refractivity contribution in [2.45, 2.75) is 111 Å². The van der Waals surface area contributed by atoms with Crippen LogP contribution < -0.4 is 0 Å². The fourth-order valence-electron chi connectivity index (χ4n) is 8.85. The molecular weight excluding hydrogens is 352 g/mol. The highest BCUT2D eigenvalue weighted by atomic mass is 16.5. The number of hydrogen-bond acceptors (Lipinski definition) is 1. The second-order valence-electron chi connectivity index (χ2n) is 12.4. The SMILES string of the molecule is COC1CCC2(C)C(=CCC3C2CC[C@@]2(C)C3CCC2[C@H](C)CCCC(C)C)C1. The molecule has 0 spiro atoms. The summed E-state index contributed by atoms with van der Waals surface area (Å²) in [4.78, 5) is 0. The zero-order valence-corrected chi connectivity index (χ0v) is 20.3. The number of rotatable bonds is 6. The lowest BCUT2D eigenvalue weighted by Gasteiger charge is -2.58. The second-order valence-corrected chi connectivity index (χ2v) is 12.4. The summed E-state index contributed by atoms with van der Waals surface area (Å²) >= 11 is 0. The van der Waals surface area contributed by atoms with Crippen molar-refractivity contribution < 1.29 is 4.74 Å². The quantitative estimate of drug-likeness (QED) is 0.410. The molecule has 0 aliphatic heterocycles. The van der Waals surface area contributed by atoms with E-state index in [1.165, 1.54) is 70.6 Å². The van der Waals surface area contributed by atoms with Gasteiger partial charge in [-0.15, -0.1) is 0 Å². The van der Waals surface area contributed by atoms with Crippen molar-refractivity contribution in [2.75, 3.05) is 7.11 Å². The lowest BCUT2D eigenvalue weighted by molar-refractivity contribution is -0.0601. The van der Waals surface area contributed by atoms with Crippen molar-refractivity contribution in [1.29, 1.82) is 0 Å². The van der Waals surface area contributed by atoms with E-state index in [0.29, 0.717) is 16.9 Å². The summed E-state index contributed by atoms with van der Waals surface area (Å²) in [5, 5.41) is 0. The fourth-order valence-corrected chi connectivity index (χ4v) is 8.85. The van der Waals surface area contributed by atoms with E-state index >= 15 is 0 Å². The molecule has 1 nitrogen and oxygen atoms in total. The third-order valence-corrected chi connectivity index (χ3v) is 10.6. The van der Waals surface area contributed by atoms with Gasteiger partial charge in [0, 0.05) is 7.11 Å². The average Bonchev–Trinajstić information content (AvgIpc) is 3.04. The molecule has 1 heteroatoms. The van der Waals surface area contributed by atoms with Crippen LogP contribution in [0.15, 0.2) is 11.6 Å². The van der Waals surface area contributed by atoms with Crippen molar-refractivity contribution in [3.8, 4) is 0 Å². The molecule has 0 amide bonds. The number of ether oxygens (including phenoxy) is 1. The van der Waals surface area contributed by atoms with Crippen LogP contribution in [-0.2, 0) is 4.74 Å². The molecule has 0 heterocycles. The molecule has 0 bridgehead atoms. The van der Waals surface area contributed by atoms with E-state index in [-0.39, 0.29) is 0 Å². The molecule has 166 valence electrons. The summed E-state index contributed by atoms with van der Waals surface area (Å²) in [6.45, 7) is 12.7. The first-order valence-electron chi connectivity index (χ1n) is 13.0. The molecule has 4 rings (SSSR count). The Balaban J connectivity index is 1.48. The maximum Gasteiger partial charge on any atom is 0.0608 e. The Morgan fingerprint density at radius 3 is 2.52 bits per heavy atom. The number of allylic oxidation sites excluding steroid dienone is 1.